The van der Waals surface area contributed by atoms with Crippen LogP contribution in [0.1, 0.15) is 40.5 Å². The summed E-state index contributed by atoms with van der Waals surface area (Å²) in [6, 6.07) is 7.84. The molecule has 1 N–H and O–H groups in total. The van der Waals surface area contributed by atoms with Crippen LogP contribution in [0, 0.1) is 6.92 Å². The Balaban J connectivity index is 1.86. The minimum Gasteiger partial charge on any atom is -0.495 e. The van der Waals surface area contributed by atoms with Crippen LogP contribution < -0.4 is 9.46 Å². The number of nitrogens with zero attached hydrogens (tertiary/aromatic N) is 2. The summed E-state index contributed by atoms with van der Waals surface area (Å²) in [5.74, 6) is -0.0856. The maximum Gasteiger partial charge on any atom is 0.285 e. The van der Waals surface area contributed by atoms with E-state index in [0.717, 1.165) is 12.8 Å². The number of methoxy groups -OCH3 is 1. The van der Waals surface area contributed by atoms with Gasteiger partial charge in [0.15, 0.2) is 5.69 Å². The van der Waals surface area contributed by atoms with Crippen LogP contribution in [0.2, 0.25) is 0 Å². The number of hydrogen-bond donors (Lipinski definition) is 1. The Labute approximate surface area is 140 Å². The van der Waals surface area contributed by atoms with Gasteiger partial charge in [-0.3, -0.25) is 4.79 Å². The second-order valence-electron chi connectivity index (χ2n) is 5.66. The van der Waals surface area contributed by atoms with Crippen molar-refractivity contribution in [3.05, 3.63) is 47.3 Å². The highest BCUT2D eigenvalue weighted by Gasteiger charge is 2.30. The summed E-state index contributed by atoms with van der Waals surface area (Å²) in [4.78, 5) is 12.3. The average molecular weight is 347 g/mol. The molecule has 1 aromatic heterocycles. The Morgan fingerprint density at radius 1 is 1.25 bits per heavy atom. The summed E-state index contributed by atoms with van der Waals surface area (Å²) in [6.45, 7) is 1.66. The summed E-state index contributed by atoms with van der Waals surface area (Å²) >= 11 is 0. The summed E-state index contributed by atoms with van der Waals surface area (Å²) in [5, 5.41) is 7.86. The number of nitrogens with one attached hydrogen (secondary N) is 1. The van der Waals surface area contributed by atoms with E-state index in [2.05, 4.69) is 10.2 Å². The van der Waals surface area contributed by atoms with Crippen molar-refractivity contribution in [3.63, 3.8) is 0 Å². The van der Waals surface area contributed by atoms with E-state index in [0.29, 0.717) is 22.9 Å². The second kappa shape index (κ2) is 6.20. The van der Waals surface area contributed by atoms with E-state index in [4.69, 9.17) is 4.74 Å². The minimum atomic E-state index is -3.98. The zero-order chi connectivity index (χ0) is 17.3. The SMILES string of the molecule is COc1cc(C(=O)NS(=O)(=O)c2ccccc2C)nnc1C1CC1. The Morgan fingerprint density at radius 3 is 2.58 bits per heavy atom. The van der Waals surface area contributed by atoms with Gasteiger partial charge >= 0.3 is 0 Å². The van der Waals surface area contributed by atoms with Crippen molar-refractivity contribution in [3.8, 4) is 5.75 Å². The summed E-state index contributed by atoms with van der Waals surface area (Å²) in [5.41, 5.74) is 1.15. The molecule has 2 aromatic rings. The van der Waals surface area contributed by atoms with Crippen LogP contribution in [0.25, 0.3) is 0 Å². The van der Waals surface area contributed by atoms with Crippen LogP contribution in [0.5, 0.6) is 5.75 Å². The zero-order valence-electron chi connectivity index (χ0n) is 13.3. The molecule has 3 rings (SSSR count). The van der Waals surface area contributed by atoms with E-state index < -0.39 is 15.9 Å². The first-order valence-electron chi connectivity index (χ1n) is 7.47. The lowest BCUT2D eigenvalue weighted by molar-refractivity contribution is 0.0975. The molecule has 0 atom stereocenters. The van der Waals surface area contributed by atoms with E-state index in [-0.39, 0.29) is 10.6 Å². The molecule has 1 aromatic carbocycles. The van der Waals surface area contributed by atoms with E-state index in [9.17, 15) is 13.2 Å². The molecule has 0 unspecified atom stereocenters. The van der Waals surface area contributed by atoms with Crippen molar-refractivity contribution in [2.45, 2.75) is 30.6 Å². The fraction of sp³-hybridized carbons (Fsp3) is 0.312. The van der Waals surface area contributed by atoms with Gasteiger partial charge < -0.3 is 4.74 Å². The van der Waals surface area contributed by atoms with Crippen molar-refractivity contribution >= 4 is 15.9 Å². The molecular weight excluding hydrogens is 330 g/mol. The molecule has 8 heteroatoms. The van der Waals surface area contributed by atoms with Gasteiger partial charge in [-0.25, -0.2) is 13.1 Å². The first-order chi connectivity index (χ1) is 11.4. The molecule has 0 saturated heterocycles. The Hall–Kier alpha value is -2.48. The highest BCUT2D eigenvalue weighted by molar-refractivity contribution is 7.90. The molecule has 7 nitrogen and oxygen atoms in total. The van der Waals surface area contributed by atoms with Gasteiger partial charge in [0, 0.05) is 12.0 Å². The molecule has 0 bridgehead atoms. The van der Waals surface area contributed by atoms with Gasteiger partial charge in [-0.05, 0) is 31.4 Å². The van der Waals surface area contributed by atoms with Crippen LogP contribution in [0.4, 0.5) is 0 Å². The number of hydrogen-bond acceptors (Lipinski definition) is 6. The van der Waals surface area contributed by atoms with Gasteiger partial charge in [0.05, 0.1) is 12.0 Å². The number of carbonyl (C=O) groups excluding carboxylic acids is 1. The van der Waals surface area contributed by atoms with Gasteiger partial charge in [-0.15, -0.1) is 5.10 Å². The van der Waals surface area contributed by atoms with Crippen molar-refractivity contribution in [2.24, 2.45) is 0 Å². The Morgan fingerprint density at radius 2 is 1.96 bits per heavy atom. The van der Waals surface area contributed by atoms with E-state index in [1.165, 1.54) is 19.2 Å². The van der Waals surface area contributed by atoms with Crippen LogP contribution in [-0.4, -0.2) is 31.6 Å². The number of benzene rings is 1. The highest BCUT2D eigenvalue weighted by Crippen LogP contribution is 2.42. The molecule has 1 heterocycles. The fourth-order valence-corrected chi connectivity index (χ4v) is 3.59. The normalized spacial score (nSPS) is 14.2. The molecule has 126 valence electrons. The van der Waals surface area contributed by atoms with Crippen LogP contribution in [0.15, 0.2) is 35.2 Å². The number of ether oxygens (including phenoxy) is 1. The van der Waals surface area contributed by atoms with Crippen LogP contribution >= 0.6 is 0 Å². The Bertz CT molecular complexity index is 892. The molecule has 1 aliphatic rings. The van der Waals surface area contributed by atoms with E-state index >= 15 is 0 Å². The third-order valence-corrected chi connectivity index (χ3v) is 5.30. The number of aryl methyl sites for hydroxylation is 1. The topological polar surface area (TPSA) is 98.2 Å². The lowest BCUT2D eigenvalue weighted by atomic mass is 10.2. The monoisotopic (exact) mass is 347 g/mol. The van der Waals surface area contributed by atoms with Crippen LogP contribution in [0.3, 0.4) is 0 Å². The predicted octanol–water partition coefficient (Wildman–Crippen LogP) is 1.79. The summed E-state index contributed by atoms with van der Waals surface area (Å²) < 4.78 is 32.0. The van der Waals surface area contributed by atoms with Gasteiger partial charge in [0.1, 0.15) is 11.4 Å². The van der Waals surface area contributed by atoms with Gasteiger partial charge in [0.2, 0.25) is 0 Å². The molecule has 1 saturated carbocycles. The first kappa shape index (κ1) is 16.4. The molecule has 0 aliphatic heterocycles. The summed E-state index contributed by atoms with van der Waals surface area (Å²) in [7, 11) is -2.50. The van der Waals surface area contributed by atoms with Gasteiger partial charge in [-0.1, -0.05) is 18.2 Å². The average Bonchev–Trinajstić information content (AvgIpc) is 3.38. The zero-order valence-corrected chi connectivity index (χ0v) is 14.1. The lowest BCUT2D eigenvalue weighted by Gasteiger charge is -2.10. The number of carbonyl (C=O) groups is 1. The number of amides is 1. The second-order valence-corrected chi connectivity index (χ2v) is 7.31. The maximum absolute atomic E-state index is 12.4. The van der Waals surface area contributed by atoms with E-state index in [1.54, 1.807) is 25.1 Å². The van der Waals surface area contributed by atoms with Crippen molar-refractivity contribution in [1.29, 1.82) is 0 Å². The third kappa shape index (κ3) is 3.23. The van der Waals surface area contributed by atoms with Gasteiger partial charge in [0.25, 0.3) is 15.9 Å². The molecule has 24 heavy (non-hydrogen) atoms. The molecule has 0 spiro atoms. The fourth-order valence-electron chi connectivity index (χ4n) is 2.39. The predicted molar refractivity (Wildman–Crippen MR) is 86.4 cm³/mol. The molecule has 1 aliphatic carbocycles. The van der Waals surface area contributed by atoms with Crippen molar-refractivity contribution < 1.29 is 17.9 Å². The highest BCUT2D eigenvalue weighted by atomic mass is 32.2. The summed E-state index contributed by atoms with van der Waals surface area (Å²) in [6.07, 6.45) is 2.02. The lowest BCUT2D eigenvalue weighted by Crippen LogP contribution is -2.32. The van der Waals surface area contributed by atoms with Gasteiger partial charge in [-0.2, -0.15) is 5.10 Å². The largest absolute Gasteiger partial charge is 0.495 e. The molecule has 1 amide bonds. The standard InChI is InChI=1S/C16H17N3O4S/c1-10-5-3-4-6-14(10)24(21,22)19-16(20)12-9-13(23-2)15(18-17-12)11-7-8-11/h3-6,9,11H,7-8H2,1-2H3,(H,19,20). The van der Waals surface area contributed by atoms with Crippen molar-refractivity contribution in [1.82, 2.24) is 14.9 Å². The maximum atomic E-state index is 12.4. The minimum absolute atomic E-state index is 0.0490. The number of sulfonamides is 1. The Kier molecular flexibility index (Phi) is 4.23. The molecule has 1 fully saturated rings. The molecular formula is C16H17N3O4S. The van der Waals surface area contributed by atoms with Crippen molar-refractivity contribution in [2.75, 3.05) is 7.11 Å². The van der Waals surface area contributed by atoms with Crippen LogP contribution in [-0.2, 0) is 10.0 Å². The number of aromatic nitrogens is 2. The van der Waals surface area contributed by atoms with E-state index in [1.807, 2.05) is 4.72 Å². The number of rotatable bonds is 5. The smallest absolute Gasteiger partial charge is 0.285 e. The third-order valence-electron chi connectivity index (χ3n) is 3.81. The first-order valence-corrected chi connectivity index (χ1v) is 8.95. The molecule has 0 radical (unpaired) electrons. The quantitative estimate of drug-likeness (QED) is 0.885.